The molecular formula is C22H16Cl2F3N3O. The number of hydrogen-bond acceptors (Lipinski definition) is 2. The van der Waals surface area contributed by atoms with Crippen LogP contribution < -0.4 is 10.7 Å². The first kappa shape index (κ1) is 22.7. The van der Waals surface area contributed by atoms with Crippen molar-refractivity contribution < 1.29 is 18.0 Å². The zero-order valence-electron chi connectivity index (χ0n) is 15.9. The maximum Gasteiger partial charge on any atom is 0.416 e. The highest BCUT2D eigenvalue weighted by atomic mass is 35.5. The summed E-state index contributed by atoms with van der Waals surface area (Å²) in [5.41, 5.74) is 4.00. The van der Waals surface area contributed by atoms with Gasteiger partial charge in [-0.3, -0.25) is 0 Å². The van der Waals surface area contributed by atoms with Gasteiger partial charge in [0, 0.05) is 22.2 Å². The molecule has 2 N–H and O–H groups in total. The molecule has 31 heavy (non-hydrogen) atoms. The fourth-order valence-corrected chi connectivity index (χ4v) is 2.92. The van der Waals surface area contributed by atoms with Crippen LogP contribution in [0.2, 0.25) is 10.0 Å². The molecule has 3 aromatic rings. The summed E-state index contributed by atoms with van der Waals surface area (Å²) in [6.45, 7) is 0. The first-order chi connectivity index (χ1) is 14.7. The average Bonchev–Trinajstić information content (AvgIpc) is 2.73. The Kier molecular flexibility index (Phi) is 7.20. The van der Waals surface area contributed by atoms with Crippen molar-refractivity contribution in [3.63, 3.8) is 0 Å². The molecule has 0 spiro atoms. The molecule has 0 radical (unpaired) electrons. The number of hydrogen-bond donors (Lipinski definition) is 2. The van der Waals surface area contributed by atoms with Crippen LogP contribution in [0.5, 0.6) is 0 Å². The predicted octanol–water partition coefficient (Wildman–Crippen LogP) is 6.78. The number of urea groups is 1. The molecule has 160 valence electrons. The number of rotatable bonds is 5. The highest BCUT2D eigenvalue weighted by molar-refractivity contribution is 6.31. The van der Waals surface area contributed by atoms with Crippen LogP contribution in [0.1, 0.15) is 16.7 Å². The number of benzene rings is 3. The molecule has 0 aliphatic rings. The van der Waals surface area contributed by atoms with E-state index in [-0.39, 0.29) is 5.69 Å². The van der Waals surface area contributed by atoms with Gasteiger partial charge in [-0.1, -0.05) is 47.5 Å². The molecule has 4 nitrogen and oxygen atoms in total. The summed E-state index contributed by atoms with van der Waals surface area (Å²) in [6.07, 6.45) is -4.04. The van der Waals surface area contributed by atoms with Gasteiger partial charge in [0.25, 0.3) is 0 Å². The first-order valence-corrected chi connectivity index (χ1v) is 9.77. The second kappa shape index (κ2) is 9.85. The fourth-order valence-electron chi connectivity index (χ4n) is 2.66. The molecule has 3 rings (SSSR count). The van der Waals surface area contributed by atoms with Gasteiger partial charge in [0.2, 0.25) is 0 Å². The maximum absolute atomic E-state index is 12.6. The summed E-state index contributed by atoms with van der Waals surface area (Å²) >= 11 is 11.9. The van der Waals surface area contributed by atoms with Gasteiger partial charge in [-0.15, -0.1) is 0 Å². The number of nitrogens with zero attached hydrogens (tertiary/aromatic N) is 1. The van der Waals surface area contributed by atoms with Crippen molar-refractivity contribution in [1.29, 1.82) is 0 Å². The lowest BCUT2D eigenvalue weighted by molar-refractivity contribution is -0.137. The van der Waals surface area contributed by atoms with E-state index in [0.717, 1.165) is 23.3 Å². The van der Waals surface area contributed by atoms with Crippen molar-refractivity contribution in [1.82, 2.24) is 5.43 Å². The molecule has 0 fully saturated rings. The van der Waals surface area contributed by atoms with Gasteiger partial charge in [-0.25, -0.2) is 10.2 Å². The van der Waals surface area contributed by atoms with Crippen LogP contribution in [-0.4, -0.2) is 11.7 Å². The molecule has 9 heteroatoms. The number of carbonyl (C=O) groups is 1. The van der Waals surface area contributed by atoms with Crippen LogP contribution in [0.15, 0.2) is 77.9 Å². The van der Waals surface area contributed by atoms with Gasteiger partial charge in [0.15, 0.2) is 0 Å². The highest BCUT2D eigenvalue weighted by Gasteiger charge is 2.29. The zero-order chi connectivity index (χ0) is 22.4. The average molecular weight is 466 g/mol. The van der Waals surface area contributed by atoms with Crippen molar-refractivity contribution in [3.8, 4) is 0 Å². The number of anilines is 1. The Morgan fingerprint density at radius 3 is 1.94 bits per heavy atom. The number of alkyl halides is 3. The Bertz CT molecular complexity index is 1070. The largest absolute Gasteiger partial charge is 0.416 e. The van der Waals surface area contributed by atoms with Gasteiger partial charge >= 0.3 is 12.2 Å². The summed E-state index contributed by atoms with van der Waals surface area (Å²) in [7, 11) is 0. The van der Waals surface area contributed by atoms with E-state index in [9.17, 15) is 18.0 Å². The third-order valence-corrected chi connectivity index (χ3v) is 4.73. The number of amides is 2. The summed E-state index contributed by atoms with van der Waals surface area (Å²) in [5, 5.41) is 7.80. The Morgan fingerprint density at radius 1 is 0.839 bits per heavy atom. The monoisotopic (exact) mass is 465 g/mol. The van der Waals surface area contributed by atoms with Crippen LogP contribution in [-0.2, 0) is 12.6 Å². The van der Waals surface area contributed by atoms with E-state index in [0.29, 0.717) is 22.2 Å². The van der Waals surface area contributed by atoms with E-state index >= 15 is 0 Å². The third-order valence-electron chi connectivity index (χ3n) is 4.22. The van der Waals surface area contributed by atoms with Crippen LogP contribution in [0.25, 0.3) is 0 Å². The molecule has 0 saturated heterocycles. The van der Waals surface area contributed by atoms with Gasteiger partial charge in [-0.05, 0) is 59.7 Å². The molecule has 0 aromatic heterocycles. The van der Waals surface area contributed by atoms with Crippen molar-refractivity contribution >= 4 is 40.6 Å². The van der Waals surface area contributed by atoms with Crippen molar-refractivity contribution in [2.75, 3.05) is 5.32 Å². The molecule has 0 bridgehead atoms. The lowest BCUT2D eigenvalue weighted by atomic mass is 10.0. The maximum atomic E-state index is 12.6. The highest BCUT2D eigenvalue weighted by Crippen LogP contribution is 2.29. The lowest BCUT2D eigenvalue weighted by Gasteiger charge is -2.10. The van der Waals surface area contributed by atoms with Crippen LogP contribution >= 0.6 is 23.2 Å². The molecule has 0 aliphatic heterocycles. The van der Waals surface area contributed by atoms with Crippen LogP contribution in [0.4, 0.5) is 23.7 Å². The molecule has 0 saturated carbocycles. The minimum absolute atomic E-state index is 0.200. The topological polar surface area (TPSA) is 53.5 Å². The van der Waals surface area contributed by atoms with Gasteiger partial charge in [0.05, 0.1) is 11.3 Å². The van der Waals surface area contributed by atoms with Crippen molar-refractivity contribution in [2.24, 2.45) is 5.10 Å². The van der Waals surface area contributed by atoms with Crippen LogP contribution in [0, 0.1) is 0 Å². The molecule has 0 atom stereocenters. The molecule has 0 heterocycles. The molecule has 2 amide bonds. The van der Waals surface area contributed by atoms with Crippen molar-refractivity contribution in [2.45, 2.75) is 12.6 Å². The van der Waals surface area contributed by atoms with E-state index in [1.165, 1.54) is 12.1 Å². The Balaban J connectivity index is 1.74. The summed E-state index contributed by atoms with van der Waals surface area (Å²) in [4.78, 5) is 12.2. The number of halogens is 5. The smallest absolute Gasteiger partial charge is 0.307 e. The molecule has 0 aliphatic carbocycles. The molecule has 0 unspecified atom stereocenters. The Hall–Kier alpha value is -3.03. The molecule has 3 aromatic carbocycles. The summed E-state index contributed by atoms with van der Waals surface area (Å²) < 4.78 is 37.9. The Morgan fingerprint density at radius 2 is 1.39 bits per heavy atom. The SMILES string of the molecule is O=C(NN=C(Cc1ccc(Cl)cc1)c1ccc(Cl)cc1)Nc1ccc(C(F)(F)F)cc1. The van der Waals surface area contributed by atoms with Crippen LogP contribution in [0.3, 0.4) is 0 Å². The third kappa shape index (κ3) is 6.73. The normalized spacial score (nSPS) is 11.8. The first-order valence-electron chi connectivity index (χ1n) is 9.02. The second-order valence-electron chi connectivity index (χ2n) is 6.51. The number of hydrazone groups is 1. The van der Waals surface area contributed by atoms with Crippen molar-refractivity contribution in [3.05, 3.63) is 99.5 Å². The predicted molar refractivity (Wildman–Crippen MR) is 117 cm³/mol. The summed E-state index contributed by atoms with van der Waals surface area (Å²) in [5.74, 6) is 0. The quantitative estimate of drug-likeness (QED) is 0.316. The fraction of sp³-hybridized carbons (Fsp3) is 0.0909. The van der Waals surface area contributed by atoms with E-state index in [4.69, 9.17) is 23.2 Å². The zero-order valence-corrected chi connectivity index (χ0v) is 17.4. The molecular weight excluding hydrogens is 450 g/mol. The number of carbonyl (C=O) groups excluding carboxylic acids is 1. The Labute approximate surface area is 186 Å². The second-order valence-corrected chi connectivity index (χ2v) is 7.38. The standard InChI is InChI=1S/C22H16Cl2F3N3O/c23-17-7-1-14(2-8-17)13-20(15-3-9-18(24)10-4-15)29-30-21(31)28-19-11-5-16(6-12-19)22(25,26)27/h1-12H,13H2,(H2,28,30,31). The van der Waals surface area contributed by atoms with Gasteiger partial charge < -0.3 is 5.32 Å². The van der Waals surface area contributed by atoms with E-state index < -0.39 is 17.8 Å². The van der Waals surface area contributed by atoms with Gasteiger partial charge in [0.1, 0.15) is 0 Å². The van der Waals surface area contributed by atoms with Gasteiger partial charge in [-0.2, -0.15) is 18.3 Å². The summed E-state index contributed by atoms with van der Waals surface area (Å²) in [6, 6.07) is 17.6. The van der Waals surface area contributed by atoms with E-state index in [1.807, 2.05) is 12.1 Å². The van der Waals surface area contributed by atoms with E-state index in [1.54, 1.807) is 36.4 Å². The minimum Gasteiger partial charge on any atom is -0.307 e. The number of nitrogens with one attached hydrogen (secondary N) is 2. The van der Waals surface area contributed by atoms with E-state index in [2.05, 4.69) is 15.8 Å². The lowest BCUT2D eigenvalue weighted by Crippen LogP contribution is -2.26. The minimum atomic E-state index is -4.44.